The fraction of sp³-hybridized carbons (Fsp3) is 0.0476. The van der Waals surface area contributed by atoms with Gasteiger partial charge in [-0.25, -0.2) is 13.4 Å². The lowest BCUT2D eigenvalue weighted by Gasteiger charge is -2.07. The van der Waals surface area contributed by atoms with Crippen LogP contribution in [0.25, 0.3) is 22.4 Å². The molecule has 1 heterocycles. The van der Waals surface area contributed by atoms with Gasteiger partial charge in [0.05, 0.1) is 15.9 Å². The highest BCUT2D eigenvalue weighted by molar-refractivity contribution is 7.92. The number of nitrogens with one attached hydrogen (secondary N) is 2. The molecule has 0 bridgehead atoms. The maximum Gasteiger partial charge on any atom is 0.239 e. The molecule has 6 nitrogen and oxygen atoms in total. The molecule has 0 aliphatic carbocycles. The molecule has 140 valence electrons. The first-order chi connectivity index (χ1) is 13.5. The van der Waals surface area contributed by atoms with Crippen molar-refractivity contribution in [2.45, 2.75) is 4.90 Å². The van der Waals surface area contributed by atoms with E-state index in [9.17, 15) is 13.2 Å². The molecular weight excluding hydrogens is 374 g/mol. The normalized spacial score (nSPS) is 11.4. The summed E-state index contributed by atoms with van der Waals surface area (Å²) in [7, 11) is -3.69. The summed E-state index contributed by atoms with van der Waals surface area (Å²) in [6, 6.07) is 22.7. The summed E-state index contributed by atoms with van der Waals surface area (Å²) in [5.74, 6) is -0.536. The number of hydrogen-bond donors (Lipinski definition) is 2. The van der Waals surface area contributed by atoms with E-state index in [0.29, 0.717) is 11.5 Å². The van der Waals surface area contributed by atoms with Crippen molar-refractivity contribution in [1.29, 1.82) is 0 Å². The topological polar surface area (TPSA) is 91.9 Å². The number of fused-ring (bicyclic) bond motifs is 1. The van der Waals surface area contributed by atoms with Gasteiger partial charge in [-0.3, -0.25) is 4.79 Å². The van der Waals surface area contributed by atoms with E-state index in [0.717, 1.165) is 16.6 Å². The van der Waals surface area contributed by atoms with Crippen LogP contribution in [0.3, 0.4) is 0 Å². The maximum absolute atomic E-state index is 12.3. The van der Waals surface area contributed by atoms with Gasteiger partial charge in [0, 0.05) is 11.3 Å². The average molecular weight is 391 g/mol. The molecule has 2 N–H and O–H groups in total. The number of nitrogens with zero attached hydrogens (tertiary/aromatic N) is 1. The number of hydrogen-bond acceptors (Lipinski definition) is 4. The van der Waals surface area contributed by atoms with Crippen LogP contribution < -0.4 is 5.32 Å². The van der Waals surface area contributed by atoms with Crippen molar-refractivity contribution in [2.75, 3.05) is 11.1 Å². The highest BCUT2D eigenvalue weighted by Gasteiger charge is 2.19. The SMILES string of the molecule is O=C(CS(=O)(=O)c1ccccc1)Nc1cccc(-c2nc3ccccc3[nH]2)c1. The van der Waals surface area contributed by atoms with Crippen molar-refractivity contribution in [2.24, 2.45) is 0 Å². The van der Waals surface area contributed by atoms with Crippen LogP contribution in [0, 0.1) is 0 Å². The monoisotopic (exact) mass is 391 g/mol. The Morgan fingerprint density at radius 1 is 0.929 bits per heavy atom. The van der Waals surface area contributed by atoms with Crippen LogP contribution in [0.4, 0.5) is 5.69 Å². The van der Waals surface area contributed by atoms with Crippen LogP contribution in [0.1, 0.15) is 0 Å². The quantitative estimate of drug-likeness (QED) is 0.543. The Morgan fingerprint density at radius 3 is 2.46 bits per heavy atom. The van der Waals surface area contributed by atoms with E-state index in [-0.39, 0.29) is 4.90 Å². The van der Waals surface area contributed by atoms with Crippen LogP contribution in [-0.2, 0) is 14.6 Å². The maximum atomic E-state index is 12.3. The Bertz CT molecular complexity index is 1220. The molecule has 0 saturated carbocycles. The van der Waals surface area contributed by atoms with Gasteiger partial charge in [0.15, 0.2) is 9.84 Å². The van der Waals surface area contributed by atoms with Gasteiger partial charge in [0.25, 0.3) is 0 Å². The highest BCUT2D eigenvalue weighted by Crippen LogP contribution is 2.23. The predicted octanol–water partition coefficient (Wildman–Crippen LogP) is 3.64. The first kappa shape index (κ1) is 17.9. The number of H-pyrrole nitrogens is 1. The molecule has 0 spiro atoms. The number of aromatic amines is 1. The minimum absolute atomic E-state index is 0.126. The number of anilines is 1. The minimum atomic E-state index is -3.69. The number of imidazole rings is 1. The molecule has 1 aromatic heterocycles. The van der Waals surface area contributed by atoms with Gasteiger partial charge in [0.1, 0.15) is 11.6 Å². The summed E-state index contributed by atoms with van der Waals surface area (Å²) in [5.41, 5.74) is 3.06. The summed E-state index contributed by atoms with van der Waals surface area (Å²) < 4.78 is 24.7. The largest absolute Gasteiger partial charge is 0.338 e. The number of sulfone groups is 1. The average Bonchev–Trinajstić information content (AvgIpc) is 3.13. The first-order valence-corrected chi connectivity index (χ1v) is 10.3. The molecule has 0 unspecified atom stereocenters. The van der Waals surface area contributed by atoms with Crippen LogP contribution in [0.15, 0.2) is 83.8 Å². The van der Waals surface area contributed by atoms with Gasteiger partial charge in [-0.1, -0.05) is 42.5 Å². The Hall–Kier alpha value is -3.45. The lowest BCUT2D eigenvalue weighted by atomic mass is 10.2. The lowest BCUT2D eigenvalue weighted by Crippen LogP contribution is -2.23. The van der Waals surface area contributed by atoms with Crippen LogP contribution in [0.2, 0.25) is 0 Å². The molecule has 7 heteroatoms. The number of benzene rings is 3. The van der Waals surface area contributed by atoms with Gasteiger partial charge in [-0.15, -0.1) is 0 Å². The molecule has 0 radical (unpaired) electrons. The molecule has 1 amide bonds. The number of aromatic nitrogens is 2. The van der Waals surface area contributed by atoms with Gasteiger partial charge in [0.2, 0.25) is 5.91 Å². The molecule has 4 aromatic rings. The van der Waals surface area contributed by atoms with E-state index >= 15 is 0 Å². The van der Waals surface area contributed by atoms with Crippen LogP contribution >= 0.6 is 0 Å². The predicted molar refractivity (Wildman–Crippen MR) is 109 cm³/mol. The first-order valence-electron chi connectivity index (χ1n) is 8.64. The Kier molecular flexibility index (Phi) is 4.67. The van der Waals surface area contributed by atoms with Crippen LogP contribution in [0.5, 0.6) is 0 Å². The van der Waals surface area contributed by atoms with Crippen molar-refractivity contribution in [3.8, 4) is 11.4 Å². The van der Waals surface area contributed by atoms with E-state index in [1.54, 1.807) is 36.4 Å². The molecule has 3 aromatic carbocycles. The summed E-state index contributed by atoms with van der Waals surface area (Å²) >= 11 is 0. The molecule has 0 fully saturated rings. The van der Waals surface area contributed by atoms with E-state index in [1.165, 1.54) is 12.1 Å². The second-order valence-electron chi connectivity index (χ2n) is 6.30. The third-order valence-corrected chi connectivity index (χ3v) is 5.87. The Balaban J connectivity index is 1.52. The lowest BCUT2D eigenvalue weighted by molar-refractivity contribution is -0.113. The van der Waals surface area contributed by atoms with Crippen molar-refractivity contribution in [3.63, 3.8) is 0 Å². The van der Waals surface area contributed by atoms with E-state index < -0.39 is 21.5 Å². The number of carbonyl (C=O) groups is 1. The molecule has 28 heavy (non-hydrogen) atoms. The number of rotatable bonds is 5. The minimum Gasteiger partial charge on any atom is -0.338 e. The molecular formula is C21H17N3O3S. The van der Waals surface area contributed by atoms with E-state index in [2.05, 4.69) is 15.3 Å². The third-order valence-electron chi connectivity index (χ3n) is 4.23. The van der Waals surface area contributed by atoms with Crippen molar-refractivity contribution in [3.05, 3.63) is 78.9 Å². The Labute approximate surface area is 162 Å². The molecule has 0 aliphatic heterocycles. The highest BCUT2D eigenvalue weighted by atomic mass is 32.2. The third kappa shape index (κ3) is 3.79. The summed E-state index contributed by atoms with van der Waals surface area (Å²) in [6.07, 6.45) is 0. The molecule has 4 rings (SSSR count). The second kappa shape index (κ2) is 7.28. The van der Waals surface area contributed by atoms with E-state index in [1.807, 2.05) is 30.3 Å². The van der Waals surface area contributed by atoms with Gasteiger partial charge >= 0.3 is 0 Å². The molecule has 0 saturated heterocycles. The zero-order chi connectivity index (χ0) is 19.6. The number of carbonyl (C=O) groups excluding carboxylic acids is 1. The van der Waals surface area contributed by atoms with E-state index in [4.69, 9.17) is 0 Å². The standard InChI is InChI=1S/C21H17N3O3S/c25-20(14-28(26,27)17-9-2-1-3-10-17)22-16-8-6-7-15(13-16)21-23-18-11-4-5-12-19(18)24-21/h1-13H,14H2,(H,22,25)(H,23,24). The fourth-order valence-corrected chi connectivity index (χ4v) is 4.07. The van der Waals surface area contributed by atoms with Crippen molar-refractivity contribution < 1.29 is 13.2 Å². The van der Waals surface area contributed by atoms with Crippen molar-refractivity contribution >= 4 is 32.5 Å². The number of amides is 1. The molecule has 0 atom stereocenters. The second-order valence-corrected chi connectivity index (χ2v) is 8.29. The smallest absolute Gasteiger partial charge is 0.239 e. The number of para-hydroxylation sites is 2. The molecule has 0 aliphatic rings. The zero-order valence-corrected chi connectivity index (χ0v) is 15.6. The summed E-state index contributed by atoms with van der Waals surface area (Å²) in [6.45, 7) is 0. The van der Waals surface area contributed by atoms with Crippen molar-refractivity contribution in [1.82, 2.24) is 9.97 Å². The fourth-order valence-electron chi connectivity index (χ4n) is 2.91. The summed E-state index contributed by atoms with van der Waals surface area (Å²) in [4.78, 5) is 20.2. The van der Waals surface area contributed by atoms with Gasteiger partial charge in [-0.2, -0.15) is 0 Å². The Morgan fingerprint density at radius 2 is 1.68 bits per heavy atom. The van der Waals surface area contributed by atoms with Crippen LogP contribution in [-0.4, -0.2) is 30.0 Å². The zero-order valence-electron chi connectivity index (χ0n) is 14.8. The summed E-state index contributed by atoms with van der Waals surface area (Å²) in [5, 5.41) is 2.65. The van der Waals surface area contributed by atoms with Gasteiger partial charge in [-0.05, 0) is 36.4 Å². The van der Waals surface area contributed by atoms with Gasteiger partial charge < -0.3 is 10.3 Å².